The highest BCUT2D eigenvalue weighted by Gasteiger charge is 2.11. The number of hydrazone groups is 1. The number of halogens is 1. The van der Waals surface area contributed by atoms with E-state index in [1.54, 1.807) is 35.8 Å². The number of carbonyl (C=O) groups is 1. The van der Waals surface area contributed by atoms with Gasteiger partial charge in [-0.2, -0.15) is 5.10 Å². The SMILES string of the molecule is O=C(N/N=C\c1cccs1)c1ccccc1OCc1ccc(Br)cc1. The minimum absolute atomic E-state index is 0.306. The predicted molar refractivity (Wildman–Crippen MR) is 104 cm³/mol. The fraction of sp³-hybridized carbons (Fsp3) is 0.0526. The summed E-state index contributed by atoms with van der Waals surface area (Å²) >= 11 is 4.96. The smallest absolute Gasteiger partial charge is 0.275 e. The third-order valence-electron chi connectivity index (χ3n) is 3.34. The van der Waals surface area contributed by atoms with Crippen molar-refractivity contribution in [1.29, 1.82) is 0 Å². The zero-order valence-corrected chi connectivity index (χ0v) is 15.6. The molecule has 1 aromatic heterocycles. The first-order valence-corrected chi connectivity index (χ1v) is 9.23. The predicted octanol–water partition coefficient (Wildman–Crippen LogP) is 4.85. The molecule has 0 bridgehead atoms. The molecule has 0 radical (unpaired) electrons. The van der Waals surface area contributed by atoms with Gasteiger partial charge in [0.15, 0.2) is 0 Å². The van der Waals surface area contributed by atoms with E-state index in [-0.39, 0.29) is 5.91 Å². The highest BCUT2D eigenvalue weighted by atomic mass is 79.9. The third-order valence-corrected chi connectivity index (χ3v) is 4.68. The summed E-state index contributed by atoms with van der Waals surface area (Å²) in [5, 5.41) is 5.94. The number of ether oxygens (including phenoxy) is 1. The van der Waals surface area contributed by atoms with E-state index in [2.05, 4.69) is 26.5 Å². The van der Waals surface area contributed by atoms with E-state index in [1.165, 1.54) is 0 Å². The minimum atomic E-state index is -0.306. The van der Waals surface area contributed by atoms with Crippen molar-refractivity contribution in [2.45, 2.75) is 6.61 Å². The molecule has 126 valence electrons. The van der Waals surface area contributed by atoms with Crippen LogP contribution in [0.25, 0.3) is 0 Å². The highest BCUT2D eigenvalue weighted by Crippen LogP contribution is 2.20. The van der Waals surface area contributed by atoms with Crippen LogP contribution in [0.3, 0.4) is 0 Å². The second-order valence-electron chi connectivity index (χ2n) is 5.13. The van der Waals surface area contributed by atoms with E-state index in [0.717, 1.165) is 14.9 Å². The van der Waals surface area contributed by atoms with Gasteiger partial charge in [-0.05, 0) is 41.3 Å². The topological polar surface area (TPSA) is 50.7 Å². The number of hydrogen-bond acceptors (Lipinski definition) is 4. The number of thiophene rings is 1. The van der Waals surface area contributed by atoms with Gasteiger partial charge in [0, 0.05) is 9.35 Å². The molecule has 0 atom stereocenters. The van der Waals surface area contributed by atoms with Crippen LogP contribution in [0.4, 0.5) is 0 Å². The molecule has 1 N–H and O–H groups in total. The number of nitrogens with one attached hydrogen (secondary N) is 1. The van der Waals surface area contributed by atoms with Gasteiger partial charge in [0.25, 0.3) is 5.91 Å². The standard InChI is InChI=1S/C19H15BrN2O2S/c20-15-9-7-14(8-10-15)13-24-18-6-2-1-5-17(18)19(23)22-21-12-16-4-3-11-25-16/h1-12H,13H2,(H,22,23)/b21-12-. The van der Waals surface area contributed by atoms with Crippen LogP contribution >= 0.6 is 27.3 Å². The Kier molecular flexibility index (Phi) is 5.98. The summed E-state index contributed by atoms with van der Waals surface area (Å²) in [4.78, 5) is 13.3. The lowest BCUT2D eigenvalue weighted by Crippen LogP contribution is -2.18. The maximum Gasteiger partial charge on any atom is 0.275 e. The fourth-order valence-corrected chi connectivity index (χ4v) is 2.95. The molecule has 4 nitrogen and oxygen atoms in total. The summed E-state index contributed by atoms with van der Waals surface area (Å²) in [6.45, 7) is 0.385. The van der Waals surface area contributed by atoms with E-state index in [1.807, 2.05) is 47.8 Å². The molecule has 1 heterocycles. The van der Waals surface area contributed by atoms with Crippen LogP contribution < -0.4 is 10.2 Å². The lowest BCUT2D eigenvalue weighted by Gasteiger charge is -2.10. The largest absolute Gasteiger partial charge is 0.488 e. The number of nitrogens with zero attached hydrogens (tertiary/aromatic N) is 1. The van der Waals surface area contributed by atoms with Crippen LogP contribution in [0.15, 0.2) is 75.6 Å². The Balaban J connectivity index is 1.65. The zero-order valence-electron chi connectivity index (χ0n) is 13.2. The molecule has 0 unspecified atom stereocenters. The van der Waals surface area contributed by atoms with Gasteiger partial charge >= 0.3 is 0 Å². The second kappa shape index (κ2) is 8.60. The van der Waals surface area contributed by atoms with E-state index >= 15 is 0 Å². The molecule has 0 aliphatic heterocycles. The summed E-state index contributed by atoms with van der Waals surface area (Å²) in [6, 6.07) is 18.8. The molecule has 6 heteroatoms. The van der Waals surface area contributed by atoms with Crippen LogP contribution in [-0.2, 0) is 6.61 Å². The van der Waals surface area contributed by atoms with E-state index < -0.39 is 0 Å². The van der Waals surface area contributed by atoms with Crippen molar-refractivity contribution in [3.63, 3.8) is 0 Å². The molecule has 0 saturated carbocycles. The first kappa shape index (κ1) is 17.4. The molecule has 0 aliphatic rings. The van der Waals surface area contributed by atoms with Crippen LogP contribution in [-0.4, -0.2) is 12.1 Å². The maximum atomic E-state index is 12.3. The Bertz CT molecular complexity index is 861. The van der Waals surface area contributed by atoms with Crippen LogP contribution in [0, 0.1) is 0 Å². The molecule has 0 saturated heterocycles. The quantitative estimate of drug-likeness (QED) is 0.462. The van der Waals surface area contributed by atoms with E-state index in [0.29, 0.717) is 17.9 Å². The maximum absolute atomic E-state index is 12.3. The van der Waals surface area contributed by atoms with Crippen molar-refractivity contribution in [3.8, 4) is 5.75 Å². The Labute approximate surface area is 158 Å². The Morgan fingerprint density at radius 1 is 1.12 bits per heavy atom. The monoisotopic (exact) mass is 414 g/mol. The van der Waals surface area contributed by atoms with E-state index in [4.69, 9.17) is 4.74 Å². The van der Waals surface area contributed by atoms with Crippen molar-refractivity contribution in [3.05, 3.63) is 86.5 Å². The van der Waals surface area contributed by atoms with Gasteiger partial charge in [0.1, 0.15) is 12.4 Å². The normalized spacial score (nSPS) is 10.8. The van der Waals surface area contributed by atoms with Gasteiger partial charge in [-0.15, -0.1) is 11.3 Å². The molecular weight excluding hydrogens is 400 g/mol. The van der Waals surface area contributed by atoms with Gasteiger partial charge in [-0.3, -0.25) is 4.79 Å². The molecule has 25 heavy (non-hydrogen) atoms. The average Bonchev–Trinajstić information content (AvgIpc) is 3.15. The summed E-state index contributed by atoms with van der Waals surface area (Å²) in [7, 11) is 0. The van der Waals surface area contributed by atoms with Gasteiger partial charge in [0.2, 0.25) is 0 Å². The van der Waals surface area contributed by atoms with Crippen molar-refractivity contribution in [2.24, 2.45) is 5.10 Å². The lowest BCUT2D eigenvalue weighted by atomic mass is 10.2. The molecule has 0 aliphatic carbocycles. The van der Waals surface area contributed by atoms with Gasteiger partial charge in [-0.25, -0.2) is 5.43 Å². The van der Waals surface area contributed by atoms with Crippen molar-refractivity contribution in [2.75, 3.05) is 0 Å². The zero-order chi connectivity index (χ0) is 17.5. The highest BCUT2D eigenvalue weighted by molar-refractivity contribution is 9.10. The van der Waals surface area contributed by atoms with Crippen LogP contribution in [0.2, 0.25) is 0 Å². The Morgan fingerprint density at radius 2 is 1.92 bits per heavy atom. The molecule has 0 spiro atoms. The average molecular weight is 415 g/mol. The molecule has 2 aromatic carbocycles. The number of rotatable bonds is 6. The Morgan fingerprint density at radius 3 is 2.68 bits per heavy atom. The van der Waals surface area contributed by atoms with Gasteiger partial charge in [0.05, 0.1) is 11.8 Å². The van der Waals surface area contributed by atoms with E-state index in [9.17, 15) is 4.79 Å². The summed E-state index contributed by atoms with van der Waals surface area (Å²) < 4.78 is 6.82. The number of hydrogen-bond donors (Lipinski definition) is 1. The molecule has 3 rings (SSSR count). The first-order valence-electron chi connectivity index (χ1n) is 7.55. The van der Waals surface area contributed by atoms with Crippen molar-refractivity contribution < 1.29 is 9.53 Å². The number of amides is 1. The van der Waals surface area contributed by atoms with Crippen LogP contribution in [0.5, 0.6) is 5.75 Å². The molecule has 1 amide bonds. The summed E-state index contributed by atoms with van der Waals surface area (Å²) in [5.41, 5.74) is 4.00. The molecule has 3 aromatic rings. The minimum Gasteiger partial charge on any atom is -0.488 e. The van der Waals surface area contributed by atoms with Crippen molar-refractivity contribution >= 4 is 39.4 Å². The lowest BCUT2D eigenvalue weighted by molar-refractivity contribution is 0.0950. The fourth-order valence-electron chi connectivity index (χ4n) is 2.10. The van der Waals surface area contributed by atoms with Gasteiger partial charge < -0.3 is 4.74 Å². The first-order chi connectivity index (χ1) is 12.2. The number of carbonyl (C=O) groups excluding carboxylic acids is 1. The summed E-state index contributed by atoms with van der Waals surface area (Å²) in [6.07, 6.45) is 1.62. The second-order valence-corrected chi connectivity index (χ2v) is 7.02. The third kappa shape index (κ3) is 5.01. The Hall–Kier alpha value is -2.44. The summed E-state index contributed by atoms with van der Waals surface area (Å²) in [5.74, 6) is 0.216. The van der Waals surface area contributed by atoms with Gasteiger partial charge in [-0.1, -0.05) is 46.3 Å². The molecular formula is C19H15BrN2O2S. The number of benzene rings is 2. The van der Waals surface area contributed by atoms with Crippen LogP contribution in [0.1, 0.15) is 20.8 Å². The van der Waals surface area contributed by atoms with Crippen molar-refractivity contribution in [1.82, 2.24) is 5.43 Å². The number of para-hydroxylation sites is 1. The molecule has 0 fully saturated rings.